The minimum absolute atomic E-state index is 0.150. The zero-order valence-electron chi connectivity index (χ0n) is 20.8. The second-order valence-electron chi connectivity index (χ2n) is 9.48. The molecular formula is C28H26F4N4O2. The van der Waals surface area contributed by atoms with E-state index in [2.05, 4.69) is 15.3 Å². The SMILES string of the molecule is Cc1nc(N[C@H](C)c2cccc(C(F)(F)F)c2F)c2cn(C3(c4ccccc4)CCOCC3)c(=O)cc2n1. The van der Waals surface area contributed by atoms with Crippen molar-refractivity contribution < 1.29 is 22.3 Å². The highest BCUT2D eigenvalue weighted by Gasteiger charge is 2.38. The number of rotatable bonds is 5. The molecule has 1 atom stereocenters. The number of fused-ring (bicyclic) bond motifs is 1. The molecule has 0 unspecified atom stereocenters. The van der Waals surface area contributed by atoms with Crippen LogP contribution in [0, 0.1) is 12.7 Å². The zero-order valence-corrected chi connectivity index (χ0v) is 20.8. The van der Waals surface area contributed by atoms with Crippen molar-refractivity contribution >= 4 is 16.7 Å². The topological polar surface area (TPSA) is 69.0 Å². The van der Waals surface area contributed by atoms with E-state index < -0.39 is 29.1 Å². The smallest absolute Gasteiger partial charge is 0.381 e. The monoisotopic (exact) mass is 526 g/mol. The van der Waals surface area contributed by atoms with Gasteiger partial charge < -0.3 is 14.6 Å². The predicted octanol–water partition coefficient (Wildman–Crippen LogP) is 5.98. The highest BCUT2D eigenvalue weighted by Crippen LogP contribution is 2.37. The highest BCUT2D eigenvalue weighted by atomic mass is 19.4. The molecule has 3 heterocycles. The van der Waals surface area contributed by atoms with E-state index in [0.29, 0.717) is 54.7 Å². The van der Waals surface area contributed by atoms with Gasteiger partial charge in [-0.25, -0.2) is 14.4 Å². The van der Waals surface area contributed by atoms with Crippen LogP contribution in [0.1, 0.15) is 48.3 Å². The zero-order chi connectivity index (χ0) is 27.1. The van der Waals surface area contributed by atoms with Crippen LogP contribution in [-0.4, -0.2) is 27.7 Å². The van der Waals surface area contributed by atoms with Crippen LogP contribution >= 0.6 is 0 Å². The third-order valence-electron chi connectivity index (χ3n) is 7.09. The number of ether oxygens (including phenoxy) is 1. The summed E-state index contributed by atoms with van der Waals surface area (Å²) in [5.41, 5.74) is -1.04. The van der Waals surface area contributed by atoms with Crippen molar-refractivity contribution in [2.75, 3.05) is 18.5 Å². The number of nitrogens with one attached hydrogen (secondary N) is 1. The summed E-state index contributed by atoms with van der Waals surface area (Å²) in [6, 6.07) is 13.5. The number of halogens is 4. The molecule has 38 heavy (non-hydrogen) atoms. The van der Waals surface area contributed by atoms with Gasteiger partial charge in [0.05, 0.1) is 28.0 Å². The molecule has 1 N–H and O–H groups in total. The van der Waals surface area contributed by atoms with E-state index >= 15 is 0 Å². The van der Waals surface area contributed by atoms with Gasteiger partial charge in [0.25, 0.3) is 5.56 Å². The predicted molar refractivity (Wildman–Crippen MR) is 136 cm³/mol. The Kier molecular flexibility index (Phi) is 6.68. The van der Waals surface area contributed by atoms with Crippen LogP contribution in [0.5, 0.6) is 0 Å². The Labute approximate surface area is 216 Å². The van der Waals surface area contributed by atoms with Crippen LogP contribution in [0.2, 0.25) is 0 Å². The van der Waals surface area contributed by atoms with E-state index in [4.69, 9.17) is 4.74 Å². The molecular weight excluding hydrogens is 500 g/mol. The quantitative estimate of drug-likeness (QED) is 0.324. The summed E-state index contributed by atoms with van der Waals surface area (Å²) in [5, 5.41) is 3.56. The summed E-state index contributed by atoms with van der Waals surface area (Å²) in [5.74, 6) is -0.684. The first-order valence-electron chi connectivity index (χ1n) is 12.3. The maximum atomic E-state index is 14.9. The average Bonchev–Trinajstić information content (AvgIpc) is 2.88. The van der Waals surface area contributed by atoms with Gasteiger partial charge in [0.15, 0.2) is 0 Å². The molecule has 10 heteroatoms. The van der Waals surface area contributed by atoms with E-state index in [0.717, 1.165) is 5.56 Å². The molecule has 0 spiro atoms. The van der Waals surface area contributed by atoms with Crippen molar-refractivity contribution in [3.05, 3.63) is 99.5 Å². The molecule has 0 aliphatic carbocycles. The summed E-state index contributed by atoms with van der Waals surface area (Å²) in [6.45, 7) is 4.15. The van der Waals surface area contributed by atoms with Gasteiger partial charge in [-0.3, -0.25) is 4.79 Å². The molecule has 1 fully saturated rings. The summed E-state index contributed by atoms with van der Waals surface area (Å²) in [7, 11) is 0. The minimum Gasteiger partial charge on any atom is -0.381 e. The van der Waals surface area contributed by atoms with Crippen molar-refractivity contribution in [2.45, 2.75) is 44.4 Å². The first kappa shape index (κ1) is 25.8. The molecule has 5 rings (SSSR count). The summed E-state index contributed by atoms with van der Waals surface area (Å²) in [4.78, 5) is 22.3. The molecule has 1 aliphatic heterocycles. The number of anilines is 1. The van der Waals surface area contributed by atoms with Crippen molar-refractivity contribution in [3.63, 3.8) is 0 Å². The minimum atomic E-state index is -4.82. The van der Waals surface area contributed by atoms with Gasteiger partial charge in [0.2, 0.25) is 0 Å². The number of aromatic nitrogens is 3. The Balaban J connectivity index is 1.63. The normalized spacial score (nSPS) is 16.4. The number of aryl methyl sites for hydroxylation is 1. The number of benzene rings is 2. The second kappa shape index (κ2) is 9.83. The molecule has 0 amide bonds. The fourth-order valence-electron chi connectivity index (χ4n) is 5.18. The van der Waals surface area contributed by atoms with Gasteiger partial charge in [0, 0.05) is 31.0 Å². The lowest BCUT2D eigenvalue weighted by atomic mass is 9.82. The van der Waals surface area contributed by atoms with E-state index in [1.165, 1.54) is 18.2 Å². The third-order valence-corrected chi connectivity index (χ3v) is 7.09. The molecule has 2 aromatic heterocycles. The number of alkyl halides is 3. The maximum absolute atomic E-state index is 14.9. The standard InChI is InChI=1S/C28H26F4N4O2/c1-17(20-9-6-10-22(25(20)29)28(30,31)32)33-26-21-16-36(24(37)15-23(21)34-18(2)35-26)27(11-13-38-14-12-27)19-7-4-3-5-8-19/h3-10,15-17H,11-14H2,1-2H3,(H,33,34,35)/t17-/m1/s1. The number of hydrogen-bond acceptors (Lipinski definition) is 5. The molecule has 2 aromatic carbocycles. The van der Waals surface area contributed by atoms with Gasteiger partial charge in [-0.15, -0.1) is 0 Å². The van der Waals surface area contributed by atoms with Crippen molar-refractivity contribution in [2.24, 2.45) is 0 Å². The fourth-order valence-corrected chi connectivity index (χ4v) is 5.18. The third kappa shape index (κ3) is 4.64. The van der Waals surface area contributed by atoms with Crippen LogP contribution < -0.4 is 10.9 Å². The fraction of sp³-hybridized carbons (Fsp3) is 0.321. The molecule has 0 bridgehead atoms. The van der Waals surface area contributed by atoms with Crippen LogP contribution in [0.25, 0.3) is 10.9 Å². The molecule has 6 nitrogen and oxygen atoms in total. The highest BCUT2D eigenvalue weighted by molar-refractivity contribution is 5.88. The summed E-state index contributed by atoms with van der Waals surface area (Å²) >= 11 is 0. The van der Waals surface area contributed by atoms with Gasteiger partial charge in [-0.2, -0.15) is 13.2 Å². The van der Waals surface area contributed by atoms with Crippen molar-refractivity contribution in [3.8, 4) is 0 Å². The van der Waals surface area contributed by atoms with Crippen LogP contribution in [0.15, 0.2) is 65.6 Å². The van der Waals surface area contributed by atoms with Crippen LogP contribution in [0.4, 0.5) is 23.4 Å². The van der Waals surface area contributed by atoms with Gasteiger partial charge in [0.1, 0.15) is 17.5 Å². The average molecular weight is 527 g/mol. The summed E-state index contributed by atoms with van der Waals surface area (Å²) < 4.78 is 62.0. The molecule has 0 radical (unpaired) electrons. The summed E-state index contributed by atoms with van der Waals surface area (Å²) in [6.07, 6.45) is -1.98. The van der Waals surface area contributed by atoms with Crippen LogP contribution in [-0.2, 0) is 16.5 Å². The first-order valence-corrected chi connectivity index (χ1v) is 12.3. The van der Waals surface area contributed by atoms with E-state index in [9.17, 15) is 22.4 Å². The lowest BCUT2D eigenvalue weighted by Crippen LogP contribution is -2.45. The lowest BCUT2D eigenvalue weighted by Gasteiger charge is -2.39. The molecule has 4 aromatic rings. The van der Waals surface area contributed by atoms with E-state index in [1.807, 2.05) is 30.3 Å². The molecule has 1 aliphatic rings. The second-order valence-corrected chi connectivity index (χ2v) is 9.48. The van der Waals surface area contributed by atoms with Crippen LogP contribution in [0.3, 0.4) is 0 Å². The Morgan fingerprint density at radius 2 is 1.76 bits per heavy atom. The number of nitrogens with zero attached hydrogens (tertiary/aromatic N) is 3. The van der Waals surface area contributed by atoms with Gasteiger partial charge in [-0.05, 0) is 38.3 Å². The Bertz CT molecular complexity index is 1530. The Morgan fingerprint density at radius 1 is 1.05 bits per heavy atom. The van der Waals surface area contributed by atoms with E-state index in [1.54, 1.807) is 24.6 Å². The van der Waals surface area contributed by atoms with Crippen molar-refractivity contribution in [1.29, 1.82) is 0 Å². The number of hydrogen-bond donors (Lipinski definition) is 1. The molecule has 198 valence electrons. The lowest BCUT2D eigenvalue weighted by molar-refractivity contribution is -0.140. The first-order chi connectivity index (χ1) is 18.1. The molecule has 1 saturated heterocycles. The van der Waals surface area contributed by atoms with E-state index in [-0.39, 0.29) is 11.1 Å². The Hall–Kier alpha value is -3.79. The largest absolute Gasteiger partial charge is 0.419 e. The van der Waals surface area contributed by atoms with Gasteiger partial charge in [-0.1, -0.05) is 42.5 Å². The maximum Gasteiger partial charge on any atom is 0.419 e. The molecule has 0 saturated carbocycles. The number of pyridine rings is 1. The van der Waals surface area contributed by atoms with Crippen molar-refractivity contribution in [1.82, 2.24) is 14.5 Å². The van der Waals surface area contributed by atoms with Gasteiger partial charge >= 0.3 is 6.18 Å². The Morgan fingerprint density at radius 3 is 2.45 bits per heavy atom.